The smallest absolute Gasteiger partial charge is 0.180 e. The van der Waals surface area contributed by atoms with Gasteiger partial charge in [-0.2, -0.15) is 0 Å². The Hall–Kier alpha value is -0.870. The summed E-state index contributed by atoms with van der Waals surface area (Å²) in [5, 5.41) is 3.35. The summed E-state index contributed by atoms with van der Waals surface area (Å²) in [6, 6.07) is 0.275. The number of hydrogen-bond acceptors (Lipinski definition) is 4. The van der Waals surface area contributed by atoms with Gasteiger partial charge in [-0.1, -0.05) is 0 Å². The van der Waals surface area contributed by atoms with Crippen LogP contribution in [0.1, 0.15) is 18.2 Å². The second-order valence-corrected chi connectivity index (χ2v) is 3.12. The van der Waals surface area contributed by atoms with E-state index in [0.717, 1.165) is 18.7 Å². The van der Waals surface area contributed by atoms with Gasteiger partial charge in [0.2, 0.25) is 0 Å². The summed E-state index contributed by atoms with van der Waals surface area (Å²) in [5.74, 6) is 1.40. The lowest BCUT2D eigenvalue weighted by molar-refractivity contribution is 0.380. The maximum absolute atomic E-state index is 5.63. The van der Waals surface area contributed by atoms with Crippen molar-refractivity contribution in [2.45, 2.75) is 12.5 Å². The Kier molecular flexibility index (Phi) is 2.10. The zero-order valence-electron chi connectivity index (χ0n) is 6.86. The van der Waals surface area contributed by atoms with Crippen LogP contribution in [0.3, 0.4) is 0 Å². The van der Waals surface area contributed by atoms with Crippen LogP contribution >= 0.6 is 0 Å². The minimum atomic E-state index is 0.275. The number of aromatic nitrogens is 1. The molecule has 0 spiro atoms. The number of oxazole rings is 1. The van der Waals surface area contributed by atoms with Gasteiger partial charge in [0.25, 0.3) is 0 Å². The quantitative estimate of drug-likeness (QED) is 0.664. The first kappa shape index (κ1) is 7.76. The number of nitrogens with zero attached hydrogens (tertiary/aromatic N) is 1. The van der Waals surface area contributed by atoms with Gasteiger partial charge < -0.3 is 15.5 Å². The van der Waals surface area contributed by atoms with Crippen molar-refractivity contribution in [3.8, 4) is 0 Å². The maximum atomic E-state index is 5.63. The van der Waals surface area contributed by atoms with Crippen LogP contribution in [0.15, 0.2) is 17.0 Å². The van der Waals surface area contributed by atoms with Crippen LogP contribution in [0.4, 0.5) is 0 Å². The molecule has 0 aromatic carbocycles. The Balaban J connectivity index is 2.13. The molecule has 3 N–H and O–H groups in total. The molecule has 66 valence electrons. The first-order valence-electron chi connectivity index (χ1n) is 4.23. The standard InChI is InChI=1S/C8H13N3O/c9-3-6-1-2-11-8(6)7-4-10-5-12-7/h4-6,8,11H,1-3,9H2. The number of hydrogen-bond donors (Lipinski definition) is 2. The van der Waals surface area contributed by atoms with Crippen molar-refractivity contribution >= 4 is 0 Å². The Morgan fingerprint density at radius 2 is 2.67 bits per heavy atom. The summed E-state index contributed by atoms with van der Waals surface area (Å²) in [4.78, 5) is 3.89. The first-order chi connectivity index (χ1) is 5.92. The van der Waals surface area contributed by atoms with E-state index in [1.807, 2.05) is 0 Å². The van der Waals surface area contributed by atoms with Crippen molar-refractivity contribution in [2.24, 2.45) is 11.7 Å². The van der Waals surface area contributed by atoms with Gasteiger partial charge in [0.15, 0.2) is 6.39 Å². The van der Waals surface area contributed by atoms with Gasteiger partial charge in [-0.15, -0.1) is 0 Å². The Morgan fingerprint density at radius 1 is 1.75 bits per heavy atom. The van der Waals surface area contributed by atoms with Crippen molar-refractivity contribution < 1.29 is 4.42 Å². The highest BCUT2D eigenvalue weighted by Gasteiger charge is 2.28. The van der Waals surface area contributed by atoms with E-state index >= 15 is 0 Å². The molecule has 0 aliphatic carbocycles. The molecule has 4 nitrogen and oxygen atoms in total. The molecule has 0 radical (unpaired) electrons. The highest BCUT2D eigenvalue weighted by atomic mass is 16.3. The van der Waals surface area contributed by atoms with Crippen molar-refractivity contribution in [3.05, 3.63) is 18.4 Å². The van der Waals surface area contributed by atoms with Crippen molar-refractivity contribution in [3.63, 3.8) is 0 Å². The average Bonchev–Trinajstić information content (AvgIpc) is 2.74. The Morgan fingerprint density at radius 3 is 3.33 bits per heavy atom. The van der Waals surface area contributed by atoms with Crippen molar-refractivity contribution in [1.82, 2.24) is 10.3 Å². The zero-order chi connectivity index (χ0) is 8.39. The van der Waals surface area contributed by atoms with Gasteiger partial charge in [0.1, 0.15) is 5.76 Å². The van der Waals surface area contributed by atoms with Crippen LogP contribution in [-0.2, 0) is 0 Å². The van der Waals surface area contributed by atoms with E-state index in [-0.39, 0.29) is 6.04 Å². The van der Waals surface area contributed by atoms with Gasteiger partial charge in [0.05, 0.1) is 12.2 Å². The third-order valence-electron chi connectivity index (χ3n) is 2.41. The SMILES string of the molecule is NCC1CCNC1c1cnco1. The molecule has 0 bridgehead atoms. The molecule has 2 rings (SSSR count). The highest BCUT2D eigenvalue weighted by Crippen LogP contribution is 2.27. The fraction of sp³-hybridized carbons (Fsp3) is 0.625. The molecule has 1 aromatic rings. The van der Waals surface area contributed by atoms with E-state index in [0.29, 0.717) is 12.5 Å². The molecule has 0 amide bonds. The van der Waals surface area contributed by atoms with Crippen LogP contribution in [0, 0.1) is 5.92 Å². The lowest BCUT2D eigenvalue weighted by Crippen LogP contribution is -2.22. The van der Waals surface area contributed by atoms with Gasteiger partial charge in [0, 0.05) is 0 Å². The molecular formula is C8H13N3O. The molecule has 12 heavy (non-hydrogen) atoms. The van der Waals surface area contributed by atoms with Gasteiger partial charge in [-0.3, -0.25) is 0 Å². The number of nitrogens with two attached hydrogens (primary N) is 1. The predicted octanol–water partition coefficient (Wildman–Crippen LogP) is 0.284. The monoisotopic (exact) mass is 167 g/mol. The molecule has 1 saturated heterocycles. The van der Waals surface area contributed by atoms with Crippen LogP contribution in [0.25, 0.3) is 0 Å². The van der Waals surface area contributed by atoms with E-state index in [1.54, 1.807) is 6.20 Å². The molecule has 2 unspecified atom stereocenters. The van der Waals surface area contributed by atoms with Crippen LogP contribution < -0.4 is 11.1 Å². The Bertz CT molecular complexity index is 234. The molecule has 2 atom stereocenters. The third-order valence-corrected chi connectivity index (χ3v) is 2.41. The van der Waals surface area contributed by atoms with Crippen LogP contribution in [-0.4, -0.2) is 18.1 Å². The summed E-state index contributed by atoms with van der Waals surface area (Å²) >= 11 is 0. The summed E-state index contributed by atoms with van der Waals surface area (Å²) in [6.07, 6.45) is 4.34. The summed E-state index contributed by atoms with van der Waals surface area (Å²) in [5.41, 5.74) is 5.63. The minimum Gasteiger partial charge on any atom is -0.447 e. The molecule has 0 saturated carbocycles. The summed E-state index contributed by atoms with van der Waals surface area (Å²) in [7, 11) is 0. The predicted molar refractivity (Wildman–Crippen MR) is 44.4 cm³/mol. The molecule has 1 aliphatic rings. The topological polar surface area (TPSA) is 64.1 Å². The molecule has 1 aromatic heterocycles. The van der Waals surface area contributed by atoms with Crippen molar-refractivity contribution in [1.29, 1.82) is 0 Å². The molecule has 1 fully saturated rings. The number of nitrogens with one attached hydrogen (secondary N) is 1. The fourth-order valence-corrected chi connectivity index (χ4v) is 1.72. The highest BCUT2D eigenvalue weighted by molar-refractivity contribution is 5.03. The van der Waals surface area contributed by atoms with E-state index < -0.39 is 0 Å². The second kappa shape index (κ2) is 3.25. The van der Waals surface area contributed by atoms with E-state index in [2.05, 4.69) is 10.3 Å². The van der Waals surface area contributed by atoms with Crippen LogP contribution in [0.2, 0.25) is 0 Å². The van der Waals surface area contributed by atoms with E-state index in [1.165, 1.54) is 6.39 Å². The minimum absolute atomic E-state index is 0.275. The average molecular weight is 167 g/mol. The van der Waals surface area contributed by atoms with Crippen LogP contribution in [0.5, 0.6) is 0 Å². The van der Waals surface area contributed by atoms with Gasteiger partial charge in [-0.25, -0.2) is 4.98 Å². The molecule has 2 heterocycles. The van der Waals surface area contributed by atoms with Gasteiger partial charge in [-0.05, 0) is 25.4 Å². The van der Waals surface area contributed by atoms with Crippen molar-refractivity contribution in [2.75, 3.05) is 13.1 Å². The van der Waals surface area contributed by atoms with Gasteiger partial charge >= 0.3 is 0 Å². The molecule has 1 aliphatic heterocycles. The number of rotatable bonds is 2. The molecular weight excluding hydrogens is 154 g/mol. The second-order valence-electron chi connectivity index (χ2n) is 3.12. The summed E-state index contributed by atoms with van der Waals surface area (Å²) in [6.45, 7) is 1.73. The van der Waals surface area contributed by atoms with E-state index in [4.69, 9.17) is 10.2 Å². The normalized spacial score (nSPS) is 29.4. The zero-order valence-corrected chi connectivity index (χ0v) is 6.86. The lowest BCUT2D eigenvalue weighted by Gasteiger charge is -2.13. The van der Waals surface area contributed by atoms with E-state index in [9.17, 15) is 0 Å². The summed E-state index contributed by atoms with van der Waals surface area (Å²) < 4.78 is 5.22. The third kappa shape index (κ3) is 1.23. The largest absolute Gasteiger partial charge is 0.447 e. The molecule has 4 heteroatoms. The fourth-order valence-electron chi connectivity index (χ4n) is 1.72. The lowest BCUT2D eigenvalue weighted by atomic mass is 10.00. The Labute approximate surface area is 71.2 Å². The maximum Gasteiger partial charge on any atom is 0.180 e. The first-order valence-corrected chi connectivity index (χ1v) is 4.23.